The van der Waals surface area contributed by atoms with E-state index in [1.165, 1.54) is 5.56 Å². The molecule has 94 valence electrons. The minimum atomic E-state index is 0.163. The van der Waals surface area contributed by atoms with Crippen LogP contribution >= 0.6 is 0 Å². The third-order valence-corrected chi connectivity index (χ3v) is 3.59. The highest BCUT2D eigenvalue weighted by molar-refractivity contribution is 5.30. The van der Waals surface area contributed by atoms with E-state index in [0.29, 0.717) is 18.4 Å². The first-order valence-corrected chi connectivity index (χ1v) is 6.38. The fourth-order valence-corrected chi connectivity index (χ4v) is 2.24. The molecule has 1 fully saturated rings. The summed E-state index contributed by atoms with van der Waals surface area (Å²) in [5.74, 6) is 2.58. The van der Waals surface area contributed by atoms with Crippen molar-refractivity contribution in [3.8, 4) is 0 Å². The third-order valence-electron chi connectivity index (χ3n) is 3.59. The zero-order valence-electron chi connectivity index (χ0n) is 10.4. The molecule has 3 atom stereocenters. The predicted molar refractivity (Wildman–Crippen MR) is 68.3 cm³/mol. The smallest absolute Gasteiger partial charge is 0.230 e. The lowest BCUT2D eigenvalue weighted by Gasteiger charge is -1.99. The average Bonchev–Trinajstić information content (AvgIpc) is 3.08. The number of nitrogens with zero attached hydrogens (tertiary/aromatic N) is 2. The van der Waals surface area contributed by atoms with Crippen molar-refractivity contribution in [1.29, 1.82) is 0 Å². The maximum atomic E-state index is 5.60. The van der Waals surface area contributed by atoms with Crippen LogP contribution in [0.5, 0.6) is 0 Å². The molecule has 3 rings (SSSR count). The van der Waals surface area contributed by atoms with Gasteiger partial charge in [-0.25, -0.2) is 0 Å². The Kier molecular flexibility index (Phi) is 2.88. The van der Waals surface area contributed by atoms with Crippen molar-refractivity contribution in [1.82, 2.24) is 10.1 Å². The molecule has 1 aliphatic rings. The summed E-state index contributed by atoms with van der Waals surface area (Å²) in [6, 6.07) is 10.5. The molecule has 4 heteroatoms. The van der Waals surface area contributed by atoms with Crippen LogP contribution in [0.2, 0.25) is 0 Å². The van der Waals surface area contributed by atoms with Gasteiger partial charge in [0.05, 0.1) is 0 Å². The summed E-state index contributed by atoms with van der Waals surface area (Å²) in [4.78, 5) is 4.46. The summed E-state index contributed by atoms with van der Waals surface area (Å²) in [5.41, 5.74) is 6.96. The van der Waals surface area contributed by atoms with Crippen LogP contribution < -0.4 is 5.73 Å². The quantitative estimate of drug-likeness (QED) is 0.895. The summed E-state index contributed by atoms with van der Waals surface area (Å²) in [7, 11) is 0. The Bertz CT molecular complexity index is 523. The van der Waals surface area contributed by atoms with Gasteiger partial charge in [0.1, 0.15) is 0 Å². The molecule has 3 unspecified atom stereocenters. The van der Waals surface area contributed by atoms with Gasteiger partial charge in [-0.05, 0) is 17.9 Å². The lowest BCUT2D eigenvalue weighted by molar-refractivity contribution is 0.370. The minimum absolute atomic E-state index is 0.163. The van der Waals surface area contributed by atoms with E-state index in [1.807, 2.05) is 13.0 Å². The third kappa shape index (κ3) is 2.04. The highest BCUT2D eigenvalue weighted by Crippen LogP contribution is 2.54. The molecule has 0 amide bonds. The Morgan fingerprint density at radius 2 is 2.11 bits per heavy atom. The largest absolute Gasteiger partial charge is 0.339 e. The Hall–Kier alpha value is -1.68. The Labute approximate surface area is 106 Å². The molecular formula is C14H17N3O. The van der Waals surface area contributed by atoms with Crippen molar-refractivity contribution in [2.45, 2.75) is 31.1 Å². The van der Waals surface area contributed by atoms with E-state index < -0.39 is 0 Å². The molecule has 0 saturated heterocycles. The second kappa shape index (κ2) is 4.53. The molecule has 0 radical (unpaired) electrons. The molecule has 4 nitrogen and oxygen atoms in total. The van der Waals surface area contributed by atoms with Crippen molar-refractivity contribution in [3.05, 3.63) is 47.6 Å². The van der Waals surface area contributed by atoms with Crippen LogP contribution in [0.1, 0.15) is 48.4 Å². The molecule has 18 heavy (non-hydrogen) atoms. The fourth-order valence-electron chi connectivity index (χ4n) is 2.24. The van der Waals surface area contributed by atoms with Gasteiger partial charge in [-0.3, -0.25) is 0 Å². The zero-order chi connectivity index (χ0) is 12.5. The standard InChI is InChI=1S/C14H17N3O/c1-9(8-15)13-16-14(18-17-13)12-7-11(12)10-5-3-2-4-6-10/h2-6,9,11-12H,7-8,15H2,1H3. The van der Waals surface area contributed by atoms with E-state index in [0.717, 1.165) is 18.1 Å². The Morgan fingerprint density at radius 1 is 1.33 bits per heavy atom. The van der Waals surface area contributed by atoms with E-state index in [4.69, 9.17) is 10.3 Å². The number of rotatable bonds is 4. The SMILES string of the molecule is CC(CN)c1noc(C2CC2c2ccccc2)n1. The van der Waals surface area contributed by atoms with Gasteiger partial charge in [-0.2, -0.15) is 4.98 Å². The molecular weight excluding hydrogens is 226 g/mol. The van der Waals surface area contributed by atoms with Crippen LogP contribution in [0.3, 0.4) is 0 Å². The molecule has 1 saturated carbocycles. The fraction of sp³-hybridized carbons (Fsp3) is 0.429. The van der Waals surface area contributed by atoms with Crippen molar-refractivity contribution in [2.75, 3.05) is 6.54 Å². The number of benzene rings is 1. The summed E-state index contributed by atoms with van der Waals surface area (Å²) < 4.78 is 5.35. The van der Waals surface area contributed by atoms with Crippen LogP contribution in [0, 0.1) is 0 Å². The Balaban J connectivity index is 1.73. The van der Waals surface area contributed by atoms with Crippen LogP contribution in [-0.2, 0) is 0 Å². The predicted octanol–water partition coefficient (Wildman–Crippen LogP) is 2.40. The van der Waals surface area contributed by atoms with E-state index in [1.54, 1.807) is 0 Å². The zero-order valence-corrected chi connectivity index (χ0v) is 10.4. The van der Waals surface area contributed by atoms with Gasteiger partial charge in [0.25, 0.3) is 0 Å². The van der Waals surface area contributed by atoms with Crippen molar-refractivity contribution in [3.63, 3.8) is 0 Å². The van der Waals surface area contributed by atoms with Gasteiger partial charge in [0.2, 0.25) is 5.89 Å². The average molecular weight is 243 g/mol. The van der Waals surface area contributed by atoms with E-state index in [-0.39, 0.29) is 5.92 Å². The van der Waals surface area contributed by atoms with Gasteiger partial charge in [-0.15, -0.1) is 0 Å². The van der Waals surface area contributed by atoms with Gasteiger partial charge in [0.15, 0.2) is 5.82 Å². The van der Waals surface area contributed by atoms with E-state index >= 15 is 0 Å². The number of nitrogens with two attached hydrogens (primary N) is 1. The first-order valence-electron chi connectivity index (χ1n) is 6.38. The summed E-state index contributed by atoms with van der Waals surface area (Å²) >= 11 is 0. The number of hydrogen-bond acceptors (Lipinski definition) is 4. The van der Waals surface area contributed by atoms with Gasteiger partial charge < -0.3 is 10.3 Å². The van der Waals surface area contributed by atoms with Gasteiger partial charge in [-0.1, -0.05) is 42.4 Å². The normalized spacial score (nSPS) is 23.9. The molecule has 2 N–H and O–H groups in total. The molecule has 1 aromatic heterocycles. The van der Waals surface area contributed by atoms with Gasteiger partial charge in [0, 0.05) is 18.4 Å². The Morgan fingerprint density at radius 3 is 2.83 bits per heavy atom. The second-order valence-electron chi connectivity index (χ2n) is 4.99. The number of hydrogen-bond donors (Lipinski definition) is 1. The maximum Gasteiger partial charge on any atom is 0.230 e. The molecule has 1 aromatic carbocycles. The highest BCUT2D eigenvalue weighted by atomic mass is 16.5. The lowest BCUT2D eigenvalue weighted by atomic mass is 10.1. The monoisotopic (exact) mass is 243 g/mol. The summed E-state index contributed by atoms with van der Waals surface area (Å²) in [6.07, 6.45) is 1.10. The van der Waals surface area contributed by atoms with Crippen LogP contribution in [-0.4, -0.2) is 16.7 Å². The van der Waals surface area contributed by atoms with E-state index in [2.05, 4.69) is 34.4 Å². The van der Waals surface area contributed by atoms with Crippen molar-refractivity contribution in [2.24, 2.45) is 5.73 Å². The highest BCUT2D eigenvalue weighted by Gasteiger charge is 2.43. The lowest BCUT2D eigenvalue weighted by Crippen LogP contribution is -2.10. The van der Waals surface area contributed by atoms with Crippen LogP contribution in [0.15, 0.2) is 34.9 Å². The molecule has 0 spiro atoms. The molecule has 1 heterocycles. The minimum Gasteiger partial charge on any atom is -0.339 e. The molecule has 2 aromatic rings. The van der Waals surface area contributed by atoms with Gasteiger partial charge >= 0.3 is 0 Å². The summed E-state index contributed by atoms with van der Waals surface area (Å²) in [6.45, 7) is 2.56. The van der Waals surface area contributed by atoms with Crippen LogP contribution in [0.25, 0.3) is 0 Å². The first kappa shape index (κ1) is 11.4. The van der Waals surface area contributed by atoms with E-state index in [9.17, 15) is 0 Å². The van der Waals surface area contributed by atoms with Crippen molar-refractivity contribution >= 4 is 0 Å². The first-order chi connectivity index (χ1) is 8.79. The topological polar surface area (TPSA) is 64.9 Å². The molecule has 1 aliphatic carbocycles. The summed E-state index contributed by atoms with van der Waals surface area (Å²) in [5, 5.41) is 4.01. The van der Waals surface area contributed by atoms with Crippen molar-refractivity contribution < 1.29 is 4.52 Å². The second-order valence-corrected chi connectivity index (χ2v) is 4.99. The number of aromatic nitrogens is 2. The maximum absolute atomic E-state index is 5.60. The molecule has 0 bridgehead atoms. The molecule has 0 aliphatic heterocycles. The van der Waals surface area contributed by atoms with Crippen LogP contribution in [0.4, 0.5) is 0 Å².